The molecule has 0 aliphatic rings. The van der Waals surface area contributed by atoms with Crippen LogP contribution in [0.5, 0.6) is 0 Å². The number of aromatic nitrogens is 1. The number of thiophene rings is 1. The zero-order valence-electron chi connectivity index (χ0n) is 12.3. The average molecular weight is 297 g/mol. The maximum absolute atomic E-state index is 6.02. The Kier molecular flexibility index (Phi) is 3.55. The van der Waals surface area contributed by atoms with Crippen molar-refractivity contribution in [2.24, 2.45) is 0 Å². The molecule has 2 aromatic heterocycles. The number of benzene rings is 1. The van der Waals surface area contributed by atoms with E-state index in [4.69, 9.17) is 5.73 Å². The van der Waals surface area contributed by atoms with Crippen molar-refractivity contribution in [2.75, 3.05) is 17.6 Å². The number of rotatable bonds is 4. The largest absolute Gasteiger partial charge is 0.398 e. The van der Waals surface area contributed by atoms with E-state index in [2.05, 4.69) is 41.7 Å². The second kappa shape index (κ2) is 5.37. The molecule has 0 aliphatic carbocycles. The van der Waals surface area contributed by atoms with Gasteiger partial charge in [-0.05, 0) is 35.7 Å². The molecule has 3 N–H and O–H groups in total. The van der Waals surface area contributed by atoms with E-state index in [0.717, 1.165) is 28.8 Å². The Hall–Kier alpha value is -2.07. The van der Waals surface area contributed by atoms with Crippen molar-refractivity contribution < 1.29 is 0 Å². The van der Waals surface area contributed by atoms with Crippen LogP contribution in [-0.4, -0.2) is 11.5 Å². The summed E-state index contributed by atoms with van der Waals surface area (Å²) < 4.78 is 0. The van der Waals surface area contributed by atoms with Gasteiger partial charge in [0.15, 0.2) is 0 Å². The molecule has 0 amide bonds. The molecule has 0 saturated heterocycles. The van der Waals surface area contributed by atoms with Crippen molar-refractivity contribution >= 4 is 33.6 Å². The molecule has 3 nitrogen and oxygen atoms in total. The van der Waals surface area contributed by atoms with Gasteiger partial charge >= 0.3 is 0 Å². The van der Waals surface area contributed by atoms with Crippen molar-refractivity contribution in [3.05, 3.63) is 52.9 Å². The SMILES string of the molecule is CC(C)(CNc1ccc(N)c2cccnc12)c1cccs1. The van der Waals surface area contributed by atoms with E-state index in [1.54, 1.807) is 17.5 Å². The monoisotopic (exact) mass is 297 g/mol. The van der Waals surface area contributed by atoms with E-state index in [1.807, 2.05) is 24.3 Å². The van der Waals surface area contributed by atoms with Gasteiger partial charge in [0.1, 0.15) is 0 Å². The van der Waals surface area contributed by atoms with Gasteiger partial charge < -0.3 is 11.1 Å². The first-order valence-corrected chi connectivity index (χ1v) is 7.87. The minimum absolute atomic E-state index is 0.0800. The lowest BCUT2D eigenvalue weighted by Crippen LogP contribution is -2.26. The van der Waals surface area contributed by atoms with Crippen LogP contribution in [0.15, 0.2) is 48.0 Å². The van der Waals surface area contributed by atoms with Crippen LogP contribution < -0.4 is 11.1 Å². The summed E-state index contributed by atoms with van der Waals surface area (Å²) in [6, 6.07) is 12.2. The Morgan fingerprint density at radius 2 is 2.05 bits per heavy atom. The summed E-state index contributed by atoms with van der Waals surface area (Å²) in [5.41, 5.74) is 8.83. The smallest absolute Gasteiger partial charge is 0.0953 e. The van der Waals surface area contributed by atoms with Crippen molar-refractivity contribution in [3.63, 3.8) is 0 Å². The van der Waals surface area contributed by atoms with Gasteiger partial charge in [-0.1, -0.05) is 19.9 Å². The summed E-state index contributed by atoms with van der Waals surface area (Å²) in [5, 5.41) is 6.65. The highest BCUT2D eigenvalue weighted by atomic mass is 32.1. The van der Waals surface area contributed by atoms with Gasteiger partial charge in [0.05, 0.1) is 11.2 Å². The fourth-order valence-corrected chi connectivity index (χ4v) is 3.26. The van der Waals surface area contributed by atoms with Crippen LogP contribution >= 0.6 is 11.3 Å². The fourth-order valence-electron chi connectivity index (χ4n) is 2.40. The number of fused-ring (bicyclic) bond motifs is 1. The molecule has 0 saturated carbocycles. The van der Waals surface area contributed by atoms with Crippen molar-refractivity contribution in [1.29, 1.82) is 0 Å². The molecule has 0 spiro atoms. The summed E-state index contributed by atoms with van der Waals surface area (Å²) in [4.78, 5) is 5.84. The number of hydrogen-bond donors (Lipinski definition) is 2. The van der Waals surface area contributed by atoms with Gasteiger partial charge in [0, 0.05) is 34.1 Å². The molecule has 3 rings (SSSR count). The van der Waals surface area contributed by atoms with Crippen molar-refractivity contribution in [2.45, 2.75) is 19.3 Å². The topological polar surface area (TPSA) is 50.9 Å². The van der Waals surface area contributed by atoms with E-state index in [-0.39, 0.29) is 5.41 Å². The highest BCUT2D eigenvalue weighted by Gasteiger charge is 2.21. The van der Waals surface area contributed by atoms with Gasteiger partial charge in [-0.3, -0.25) is 4.98 Å². The minimum Gasteiger partial charge on any atom is -0.398 e. The van der Waals surface area contributed by atoms with E-state index in [9.17, 15) is 0 Å². The molecule has 0 fully saturated rings. The lowest BCUT2D eigenvalue weighted by atomic mass is 9.91. The summed E-state index contributed by atoms with van der Waals surface area (Å²) in [6.07, 6.45) is 1.80. The van der Waals surface area contributed by atoms with Crippen molar-refractivity contribution in [3.8, 4) is 0 Å². The molecular formula is C17H19N3S. The number of nitrogens with one attached hydrogen (secondary N) is 1. The quantitative estimate of drug-likeness (QED) is 0.707. The van der Waals surface area contributed by atoms with E-state index in [1.165, 1.54) is 4.88 Å². The minimum atomic E-state index is 0.0800. The maximum Gasteiger partial charge on any atom is 0.0953 e. The van der Waals surface area contributed by atoms with Crippen LogP contribution in [-0.2, 0) is 5.41 Å². The molecule has 0 bridgehead atoms. The molecule has 0 unspecified atom stereocenters. The van der Waals surface area contributed by atoms with Crippen LogP contribution in [0.1, 0.15) is 18.7 Å². The van der Waals surface area contributed by atoms with Crippen molar-refractivity contribution in [1.82, 2.24) is 4.98 Å². The zero-order chi connectivity index (χ0) is 14.9. The molecule has 21 heavy (non-hydrogen) atoms. The number of hydrogen-bond acceptors (Lipinski definition) is 4. The number of pyridine rings is 1. The zero-order valence-corrected chi connectivity index (χ0v) is 13.1. The summed E-state index contributed by atoms with van der Waals surface area (Å²) in [6.45, 7) is 5.35. The normalized spacial score (nSPS) is 11.7. The lowest BCUT2D eigenvalue weighted by Gasteiger charge is -2.24. The fraction of sp³-hybridized carbons (Fsp3) is 0.235. The van der Waals surface area contributed by atoms with Gasteiger partial charge in [-0.15, -0.1) is 11.3 Å². The Labute approximate surface area is 128 Å². The van der Waals surface area contributed by atoms with Crippen LogP contribution in [0.4, 0.5) is 11.4 Å². The van der Waals surface area contributed by atoms with Gasteiger partial charge in [0.25, 0.3) is 0 Å². The first-order chi connectivity index (χ1) is 10.1. The third kappa shape index (κ3) is 2.72. The van der Waals surface area contributed by atoms with Crippen LogP contribution in [0.3, 0.4) is 0 Å². The second-order valence-corrected chi connectivity index (χ2v) is 6.76. The van der Waals surface area contributed by atoms with E-state index < -0.39 is 0 Å². The maximum atomic E-state index is 6.02. The first kappa shape index (κ1) is 13.9. The number of anilines is 2. The second-order valence-electron chi connectivity index (χ2n) is 5.82. The molecule has 108 valence electrons. The molecule has 3 aromatic rings. The standard InChI is InChI=1S/C17H19N3S/c1-17(2,15-6-4-10-21-15)11-20-14-8-7-13(18)12-5-3-9-19-16(12)14/h3-10,20H,11,18H2,1-2H3. The van der Waals surface area contributed by atoms with Crippen LogP contribution in [0.2, 0.25) is 0 Å². The first-order valence-electron chi connectivity index (χ1n) is 6.99. The lowest BCUT2D eigenvalue weighted by molar-refractivity contribution is 0.569. The van der Waals surface area contributed by atoms with E-state index >= 15 is 0 Å². The summed E-state index contributed by atoms with van der Waals surface area (Å²) >= 11 is 1.80. The molecule has 2 heterocycles. The highest BCUT2D eigenvalue weighted by Crippen LogP contribution is 2.30. The third-order valence-electron chi connectivity index (χ3n) is 3.71. The van der Waals surface area contributed by atoms with Crippen LogP contribution in [0.25, 0.3) is 10.9 Å². The predicted octanol–water partition coefficient (Wildman–Crippen LogP) is 4.27. The third-order valence-corrected chi connectivity index (χ3v) is 4.95. The molecule has 0 atom stereocenters. The Bertz CT molecular complexity index is 748. The molecular weight excluding hydrogens is 278 g/mol. The molecule has 4 heteroatoms. The molecule has 0 aliphatic heterocycles. The highest BCUT2D eigenvalue weighted by molar-refractivity contribution is 7.10. The van der Waals surface area contributed by atoms with Gasteiger partial charge in [-0.25, -0.2) is 0 Å². The molecule has 0 radical (unpaired) electrons. The summed E-state index contributed by atoms with van der Waals surface area (Å²) in [7, 11) is 0. The number of nitrogens with two attached hydrogens (primary N) is 1. The number of nitrogens with zero attached hydrogens (tertiary/aromatic N) is 1. The van der Waals surface area contributed by atoms with Crippen LogP contribution in [0, 0.1) is 0 Å². The average Bonchev–Trinajstić information content (AvgIpc) is 3.02. The predicted molar refractivity (Wildman–Crippen MR) is 92.0 cm³/mol. The number of nitrogen functional groups attached to an aromatic ring is 1. The van der Waals surface area contributed by atoms with E-state index in [0.29, 0.717) is 0 Å². The Balaban J connectivity index is 1.88. The van der Waals surface area contributed by atoms with Gasteiger partial charge in [0.2, 0.25) is 0 Å². The Morgan fingerprint density at radius 1 is 1.19 bits per heavy atom. The Morgan fingerprint density at radius 3 is 2.81 bits per heavy atom. The van der Waals surface area contributed by atoms with Gasteiger partial charge in [-0.2, -0.15) is 0 Å². The summed E-state index contributed by atoms with van der Waals surface area (Å²) in [5.74, 6) is 0. The molecule has 1 aromatic carbocycles.